The molecule has 2 aromatic carbocycles. The number of hydrogen-bond acceptors (Lipinski definition) is 6. The summed E-state index contributed by atoms with van der Waals surface area (Å²) in [6.45, 7) is 6.58. The lowest BCUT2D eigenvalue weighted by atomic mass is 9.68. The predicted molar refractivity (Wildman–Crippen MR) is 129 cm³/mol. The largest absolute Gasteiger partial charge is 0.465 e. The second-order valence-corrected chi connectivity index (χ2v) is 10.4. The Hall–Kier alpha value is -3.40. The van der Waals surface area contributed by atoms with Gasteiger partial charge in [0.1, 0.15) is 5.60 Å². The van der Waals surface area contributed by atoms with Gasteiger partial charge in [0.15, 0.2) is 11.6 Å². The van der Waals surface area contributed by atoms with Gasteiger partial charge in [-0.05, 0) is 45.4 Å². The van der Waals surface area contributed by atoms with Crippen LogP contribution in [0.1, 0.15) is 57.0 Å². The van der Waals surface area contributed by atoms with E-state index in [4.69, 9.17) is 14.2 Å². The van der Waals surface area contributed by atoms with Crippen LogP contribution >= 0.6 is 0 Å². The van der Waals surface area contributed by atoms with Crippen molar-refractivity contribution in [1.29, 1.82) is 0 Å². The second-order valence-electron chi connectivity index (χ2n) is 10.4. The summed E-state index contributed by atoms with van der Waals surface area (Å²) in [4.78, 5) is 42.5. The van der Waals surface area contributed by atoms with Crippen LogP contribution < -0.4 is 0 Å². The minimum atomic E-state index is -4.61. The zero-order valence-corrected chi connectivity index (χ0v) is 21.6. The van der Waals surface area contributed by atoms with E-state index in [0.29, 0.717) is 5.56 Å². The van der Waals surface area contributed by atoms with Gasteiger partial charge in [-0.2, -0.15) is 13.2 Å². The summed E-state index contributed by atoms with van der Waals surface area (Å²) in [6.07, 6.45) is -5.81. The number of alkyl halides is 3. The number of fused-ring (bicyclic) bond motifs is 1. The number of amides is 1. The molecule has 2 aromatic rings. The van der Waals surface area contributed by atoms with Gasteiger partial charge >= 0.3 is 18.1 Å². The molecule has 0 bridgehead atoms. The molecule has 10 heteroatoms. The lowest BCUT2D eigenvalue weighted by Gasteiger charge is -2.33. The van der Waals surface area contributed by atoms with Crippen molar-refractivity contribution < 1.29 is 41.8 Å². The van der Waals surface area contributed by atoms with E-state index in [-0.39, 0.29) is 25.2 Å². The third-order valence-electron chi connectivity index (χ3n) is 6.78. The molecular formula is C28H30F3NO6. The topological polar surface area (TPSA) is 82.1 Å². The van der Waals surface area contributed by atoms with Gasteiger partial charge in [-0.3, -0.25) is 14.4 Å². The molecule has 0 aliphatic carbocycles. The van der Waals surface area contributed by atoms with E-state index < -0.39 is 58.8 Å². The summed E-state index contributed by atoms with van der Waals surface area (Å²) in [5.41, 5.74) is -3.16. The molecule has 0 radical (unpaired) electrons. The fourth-order valence-corrected chi connectivity index (χ4v) is 5.33. The third-order valence-corrected chi connectivity index (χ3v) is 6.78. The zero-order chi connectivity index (χ0) is 27.9. The summed E-state index contributed by atoms with van der Waals surface area (Å²) >= 11 is 0. The second kappa shape index (κ2) is 10.1. The summed E-state index contributed by atoms with van der Waals surface area (Å²) < 4.78 is 56.9. The van der Waals surface area contributed by atoms with Crippen molar-refractivity contribution in [2.75, 3.05) is 13.2 Å². The van der Waals surface area contributed by atoms with E-state index in [9.17, 15) is 27.6 Å². The number of carbonyl (C=O) groups excluding carboxylic acids is 3. The minimum Gasteiger partial charge on any atom is -0.465 e. The van der Waals surface area contributed by atoms with Crippen LogP contribution in [0.3, 0.4) is 0 Å². The molecule has 0 saturated carbocycles. The van der Waals surface area contributed by atoms with Crippen molar-refractivity contribution in [2.24, 2.45) is 5.92 Å². The average molecular weight is 534 g/mol. The highest BCUT2D eigenvalue weighted by molar-refractivity contribution is 6.11. The molecule has 2 aliphatic heterocycles. The van der Waals surface area contributed by atoms with Gasteiger partial charge in [0.2, 0.25) is 5.91 Å². The van der Waals surface area contributed by atoms with Gasteiger partial charge in [0.05, 0.1) is 31.2 Å². The molecule has 0 spiro atoms. The highest BCUT2D eigenvalue weighted by atomic mass is 19.4. The van der Waals surface area contributed by atoms with Crippen molar-refractivity contribution in [3.63, 3.8) is 0 Å². The van der Waals surface area contributed by atoms with Gasteiger partial charge < -0.3 is 19.1 Å². The number of nitrogens with zero attached hydrogens (tertiary/aromatic N) is 1. The summed E-state index contributed by atoms with van der Waals surface area (Å²) in [5, 5.41) is 0. The van der Waals surface area contributed by atoms with E-state index in [0.717, 1.165) is 24.3 Å². The Morgan fingerprint density at radius 3 is 2.24 bits per heavy atom. The molecule has 0 N–H and O–H groups in total. The Kier molecular flexibility index (Phi) is 7.31. The Morgan fingerprint density at radius 1 is 1.05 bits per heavy atom. The number of rotatable bonds is 6. The molecule has 2 aliphatic rings. The molecule has 4 rings (SSSR count). The molecule has 38 heavy (non-hydrogen) atoms. The first-order chi connectivity index (χ1) is 17.8. The number of hydrogen-bond donors (Lipinski definition) is 0. The molecule has 2 heterocycles. The standard InChI is InChI=1S/C28H30F3NO6/c1-5-36-25(35)27(18-11-13-19(14-12-18)28(29,30)31)20(15-22(33)38-26(2,3)4)21-16-37-23(32(21)24(27)34)17-9-7-6-8-10-17/h6-14,20-21,23H,5,15-16H2,1-4H3/t20-,21-,23-,27-/m1/s1. The van der Waals surface area contributed by atoms with E-state index in [1.54, 1.807) is 58.0 Å². The van der Waals surface area contributed by atoms with Crippen LogP contribution in [0.4, 0.5) is 13.2 Å². The Labute approximate surface area is 218 Å². The molecule has 1 amide bonds. The molecule has 4 atom stereocenters. The van der Waals surface area contributed by atoms with E-state index in [2.05, 4.69) is 0 Å². The summed E-state index contributed by atoms with van der Waals surface area (Å²) in [5.74, 6) is -3.30. The summed E-state index contributed by atoms with van der Waals surface area (Å²) in [6, 6.07) is 12.0. The molecule has 2 fully saturated rings. The molecule has 204 valence electrons. The molecule has 2 saturated heterocycles. The van der Waals surface area contributed by atoms with Crippen LogP contribution in [0.5, 0.6) is 0 Å². The highest BCUT2D eigenvalue weighted by Crippen LogP contribution is 2.53. The van der Waals surface area contributed by atoms with Crippen molar-refractivity contribution in [3.8, 4) is 0 Å². The predicted octanol–water partition coefficient (Wildman–Crippen LogP) is 4.79. The third kappa shape index (κ3) is 4.89. The maximum Gasteiger partial charge on any atom is 0.416 e. The fourth-order valence-electron chi connectivity index (χ4n) is 5.33. The highest BCUT2D eigenvalue weighted by Gasteiger charge is 2.69. The number of benzene rings is 2. The van der Waals surface area contributed by atoms with Gasteiger partial charge in [0, 0.05) is 11.5 Å². The lowest BCUT2D eigenvalue weighted by Crippen LogP contribution is -2.50. The normalized spacial score (nSPS) is 25.3. The average Bonchev–Trinajstić information content (AvgIpc) is 3.36. The zero-order valence-electron chi connectivity index (χ0n) is 21.6. The quantitative estimate of drug-likeness (QED) is 0.392. The monoisotopic (exact) mass is 533 g/mol. The van der Waals surface area contributed by atoms with Gasteiger partial charge in [-0.15, -0.1) is 0 Å². The number of esters is 2. The van der Waals surface area contributed by atoms with Crippen molar-refractivity contribution in [1.82, 2.24) is 4.90 Å². The van der Waals surface area contributed by atoms with E-state index in [1.165, 1.54) is 4.90 Å². The van der Waals surface area contributed by atoms with Crippen LogP contribution in [-0.2, 0) is 40.2 Å². The molecule has 0 unspecified atom stereocenters. The SMILES string of the molecule is CCOC(=O)[C@@]1(c2ccc(C(F)(F)F)cc2)C(=O)N2[C@@H](c3ccccc3)OC[C@@H]2[C@H]1CC(=O)OC(C)(C)C. The summed E-state index contributed by atoms with van der Waals surface area (Å²) in [7, 11) is 0. The van der Waals surface area contributed by atoms with Crippen LogP contribution in [-0.4, -0.2) is 47.6 Å². The first-order valence-electron chi connectivity index (χ1n) is 12.4. The van der Waals surface area contributed by atoms with Crippen LogP contribution in [0.15, 0.2) is 54.6 Å². The maximum absolute atomic E-state index is 14.3. The minimum absolute atomic E-state index is 0.0144. The van der Waals surface area contributed by atoms with Crippen LogP contribution in [0, 0.1) is 5.92 Å². The smallest absolute Gasteiger partial charge is 0.416 e. The molecule has 0 aromatic heterocycles. The first-order valence-corrected chi connectivity index (χ1v) is 12.4. The van der Waals surface area contributed by atoms with Crippen LogP contribution in [0.2, 0.25) is 0 Å². The van der Waals surface area contributed by atoms with Crippen molar-refractivity contribution in [3.05, 3.63) is 71.3 Å². The Balaban J connectivity index is 1.88. The number of ether oxygens (including phenoxy) is 3. The lowest BCUT2D eigenvalue weighted by molar-refractivity contribution is -0.161. The van der Waals surface area contributed by atoms with Crippen LogP contribution in [0.25, 0.3) is 0 Å². The molecular weight excluding hydrogens is 503 g/mol. The fraction of sp³-hybridized carbons (Fsp3) is 0.464. The first kappa shape index (κ1) is 27.6. The van der Waals surface area contributed by atoms with Gasteiger partial charge in [-0.1, -0.05) is 42.5 Å². The van der Waals surface area contributed by atoms with E-state index >= 15 is 0 Å². The Morgan fingerprint density at radius 2 is 1.68 bits per heavy atom. The van der Waals surface area contributed by atoms with E-state index in [1.807, 2.05) is 0 Å². The molecule has 7 nitrogen and oxygen atoms in total. The van der Waals surface area contributed by atoms with Gasteiger partial charge in [0.25, 0.3) is 0 Å². The number of halogens is 3. The number of carbonyl (C=O) groups is 3. The van der Waals surface area contributed by atoms with Gasteiger partial charge in [-0.25, -0.2) is 0 Å². The van der Waals surface area contributed by atoms with Crippen molar-refractivity contribution >= 4 is 17.8 Å². The Bertz CT molecular complexity index is 1190. The van der Waals surface area contributed by atoms with Crippen molar-refractivity contribution in [2.45, 2.75) is 63.6 Å². The maximum atomic E-state index is 14.3.